The van der Waals surface area contributed by atoms with Crippen LogP contribution in [-0.2, 0) is 11.3 Å². The standard InChI is InChI=1S/C20H19ClF2N6O/c1-11-12-4-2-3-5-13(12)19(22)20(23)14(11)9-28(18(30)7-21)16-6-15(26)29(10-25)17(8-24)27-16/h2-5,10,16-17,25-27H,6-7,9H2,1H3. The van der Waals surface area contributed by atoms with Crippen LogP contribution >= 0.6 is 11.6 Å². The van der Waals surface area contributed by atoms with Crippen molar-refractivity contribution < 1.29 is 13.6 Å². The van der Waals surface area contributed by atoms with Crippen LogP contribution in [0.4, 0.5) is 8.78 Å². The van der Waals surface area contributed by atoms with Crippen molar-refractivity contribution in [1.82, 2.24) is 15.1 Å². The van der Waals surface area contributed by atoms with Crippen molar-refractivity contribution >= 4 is 40.5 Å². The van der Waals surface area contributed by atoms with Crippen LogP contribution in [0.1, 0.15) is 17.5 Å². The maximum Gasteiger partial charge on any atom is 0.239 e. The average molecular weight is 433 g/mol. The fourth-order valence-electron chi connectivity index (χ4n) is 3.60. The predicted molar refractivity (Wildman–Crippen MR) is 109 cm³/mol. The van der Waals surface area contributed by atoms with Gasteiger partial charge in [0.25, 0.3) is 0 Å². The summed E-state index contributed by atoms with van der Waals surface area (Å²) in [6, 6.07) is 8.40. The smallest absolute Gasteiger partial charge is 0.239 e. The van der Waals surface area contributed by atoms with Crippen LogP contribution in [-0.4, -0.2) is 46.1 Å². The van der Waals surface area contributed by atoms with Gasteiger partial charge in [0.15, 0.2) is 17.8 Å². The summed E-state index contributed by atoms with van der Waals surface area (Å²) < 4.78 is 29.6. The van der Waals surface area contributed by atoms with Gasteiger partial charge >= 0.3 is 0 Å². The molecular weight excluding hydrogens is 414 g/mol. The number of alkyl halides is 1. The molecule has 2 unspecified atom stereocenters. The van der Waals surface area contributed by atoms with E-state index >= 15 is 0 Å². The number of hydrogen-bond donors (Lipinski definition) is 3. The monoisotopic (exact) mass is 432 g/mol. The number of halogens is 3. The van der Waals surface area contributed by atoms with Gasteiger partial charge in [-0.3, -0.25) is 25.8 Å². The van der Waals surface area contributed by atoms with Gasteiger partial charge in [0.05, 0.1) is 19.0 Å². The summed E-state index contributed by atoms with van der Waals surface area (Å²) in [7, 11) is 0. The first-order valence-corrected chi connectivity index (χ1v) is 9.60. The van der Waals surface area contributed by atoms with Gasteiger partial charge in [-0.2, -0.15) is 5.26 Å². The lowest BCUT2D eigenvalue weighted by Crippen LogP contribution is -2.63. The molecule has 1 aliphatic rings. The van der Waals surface area contributed by atoms with E-state index < -0.39 is 35.8 Å². The molecule has 2 aromatic rings. The van der Waals surface area contributed by atoms with E-state index in [1.165, 1.54) is 11.0 Å². The Kier molecular flexibility index (Phi) is 6.29. The van der Waals surface area contributed by atoms with Crippen molar-refractivity contribution in [3.63, 3.8) is 0 Å². The van der Waals surface area contributed by atoms with E-state index in [0.717, 1.165) is 11.2 Å². The maximum atomic E-state index is 14.9. The minimum absolute atomic E-state index is 0.000915. The van der Waals surface area contributed by atoms with Crippen molar-refractivity contribution in [3.05, 3.63) is 47.0 Å². The quantitative estimate of drug-likeness (QED) is 0.383. The first-order valence-electron chi connectivity index (χ1n) is 9.06. The second-order valence-corrected chi connectivity index (χ2v) is 7.10. The topological polar surface area (TPSA) is 107 Å². The number of nitrogens with one attached hydrogen (secondary N) is 3. The van der Waals surface area contributed by atoms with Gasteiger partial charge in [0.2, 0.25) is 5.91 Å². The minimum atomic E-state index is -1.06. The molecular formula is C20H19ClF2N6O. The van der Waals surface area contributed by atoms with E-state index in [-0.39, 0.29) is 29.8 Å². The van der Waals surface area contributed by atoms with E-state index in [9.17, 15) is 18.8 Å². The molecule has 10 heteroatoms. The van der Waals surface area contributed by atoms with Crippen molar-refractivity contribution in [2.45, 2.75) is 32.2 Å². The number of hydrogen-bond acceptors (Lipinski definition) is 5. The second-order valence-electron chi connectivity index (χ2n) is 6.83. The zero-order valence-corrected chi connectivity index (χ0v) is 16.8. The van der Waals surface area contributed by atoms with Crippen LogP contribution in [0.15, 0.2) is 24.3 Å². The lowest BCUT2D eigenvalue weighted by molar-refractivity contribution is -0.132. The van der Waals surface area contributed by atoms with E-state index in [1.54, 1.807) is 25.1 Å². The third kappa shape index (κ3) is 3.72. The summed E-state index contributed by atoms with van der Waals surface area (Å²) >= 11 is 5.75. The van der Waals surface area contributed by atoms with Gasteiger partial charge in [0, 0.05) is 17.4 Å². The van der Waals surface area contributed by atoms with Crippen LogP contribution in [0.3, 0.4) is 0 Å². The van der Waals surface area contributed by atoms with Crippen molar-refractivity contribution in [2.75, 3.05) is 5.88 Å². The Balaban J connectivity index is 2.03. The summed E-state index contributed by atoms with van der Waals surface area (Å²) in [5.41, 5.74) is 0.488. The molecule has 2 atom stereocenters. The molecule has 0 aliphatic carbocycles. The van der Waals surface area contributed by atoms with Crippen molar-refractivity contribution in [1.29, 1.82) is 16.1 Å². The Morgan fingerprint density at radius 3 is 2.67 bits per heavy atom. The van der Waals surface area contributed by atoms with Gasteiger partial charge in [-0.05, 0) is 17.9 Å². The van der Waals surface area contributed by atoms with E-state index in [0.29, 0.717) is 10.9 Å². The zero-order valence-electron chi connectivity index (χ0n) is 16.0. The summed E-state index contributed by atoms with van der Waals surface area (Å²) in [6.07, 6.45) is -1.10. The Morgan fingerprint density at radius 2 is 2.07 bits per heavy atom. The third-order valence-electron chi connectivity index (χ3n) is 5.21. The molecule has 0 bridgehead atoms. The van der Waals surface area contributed by atoms with Crippen molar-refractivity contribution in [2.24, 2.45) is 0 Å². The fraction of sp³-hybridized carbons (Fsp3) is 0.300. The molecule has 3 rings (SSSR count). The van der Waals surface area contributed by atoms with Crippen LogP contribution in [0, 0.1) is 40.7 Å². The first-order chi connectivity index (χ1) is 14.3. The Bertz CT molecular complexity index is 1070. The highest BCUT2D eigenvalue weighted by molar-refractivity contribution is 6.27. The van der Waals surface area contributed by atoms with Gasteiger partial charge in [-0.1, -0.05) is 24.3 Å². The maximum absolute atomic E-state index is 14.9. The normalized spacial score (nSPS) is 18.9. The zero-order chi connectivity index (χ0) is 22.0. The van der Waals surface area contributed by atoms with Crippen molar-refractivity contribution in [3.8, 4) is 6.07 Å². The molecule has 0 saturated carbocycles. The molecule has 1 amide bonds. The van der Waals surface area contributed by atoms with Gasteiger partial charge in [0.1, 0.15) is 17.8 Å². The van der Waals surface area contributed by atoms with Gasteiger partial charge in [-0.15, -0.1) is 11.6 Å². The molecule has 1 saturated heterocycles. The van der Waals surface area contributed by atoms with E-state index in [1.807, 2.05) is 6.07 Å². The number of aryl methyl sites for hydroxylation is 1. The SMILES string of the molecule is Cc1c(CN(C(=O)CCl)C2CC(=N)N(C=N)C(C#N)N2)c(F)c(F)c2ccccc12. The first kappa shape index (κ1) is 21.6. The minimum Gasteiger partial charge on any atom is -0.321 e. The molecule has 1 fully saturated rings. The Labute approximate surface area is 176 Å². The molecule has 3 N–H and O–H groups in total. The highest BCUT2D eigenvalue weighted by atomic mass is 35.5. The number of fused-ring (bicyclic) bond motifs is 1. The largest absolute Gasteiger partial charge is 0.321 e. The summed E-state index contributed by atoms with van der Waals surface area (Å²) in [5, 5.41) is 28.3. The lowest BCUT2D eigenvalue weighted by atomic mass is 9.98. The van der Waals surface area contributed by atoms with Gasteiger partial charge in [-0.25, -0.2) is 8.78 Å². The number of benzene rings is 2. The molecule has 1 aliphatic heterocycles. The number of carbonyl (C=O) groups excluding carboxylic acids is 1. The van der Waals surface area contributed by atoms with Crippen LogP contribution in [0.25, 0.3) is 10.8 Å². The molecule has 2 aromatic carbocycles. The van der Waals surface area contributed by atoms with E-state index in [4.69, 9.17) is 22.4 Å². The third-order valence-corrected chi connectivity index (χ3v) is 5.43. The number of rotatable bonds is 5. The summed E-state index contributed by atoms with van der Waals surface area (Å²) in [5.74, 6) is -3.08. The van der Waals surface area contributed by atoms with Crippen LogP contribution < -0.4 is 5.32 Å². The summed E-state index contributed by atoms with van der Waals surface area (Å²) in [4.78, 5) is 14.9. The Morgan fingerprint density at radius 1 is 1.40 bits per heavy atom. The lowest BCUT2D eigenvalue weighted by Gasteiger charge is -2.41. The molecule has 7 nitrogen and oxygen atoms in total. The second kappa shape index (κ2) is 8.73. The number of nitriles is 1. The number of amides is 1. The molecule has 0 radical (unpaired) electrons. The number of nitrogens with zero attached hydrogens (tertiary/aromatic N) is 3. The summed E-state index contributed by atoms with van der Waals surface area (Å²) in [6.45, 7) is 1.35. The van der Waals surface area contributed by atoms with Gasteiger partial charge < -0.3 is 4.90 Å². The number of amidine groups is 1. The average Bonchev–Trinajstić information content (AvgIpc) is 2.76. The van der Waals surface area contributed by atoms with Crippen LogP contribution in [0.5, 0.6) is 0 Å². The van der Waals surface area contributed by atoms with Crippen LogP contribution in [0.2, 0.25) is 0 Å². The highest BCUT2D eigenvalue weighted by Crippen LogP contribution is 2.30. The fourth-order valence-corrected chi connectivity index (χ4v) is 3.76. The molecule has 30 heavy (non-hydrogen) atoms. The Hall–Kier alpha value is -3.09. The van der Waals surface area contributed by atoms with E-state index in [2.05, 4.69) is 5.32 Å². The number of carbonyl (C=O) groups is 1. The molecule has 0 aromatic heterocycles. The predicted octanol–water partition coefficient (Wildman–Crippen LogP) is 3.05. The highest BCUT2D eigenvalue weighted by Gasteiger charge is 2.36. The molecule has 0 spiro atoms. The molecule has 1 heterocycles. The molecule has 156 valence electrons.